The smallest absolute Gasteiger partial charge is 0.194 e. The van der Waals surface area contributed by atoms with E-state index in [0.717, 1.165) is 37.1 Å². The Bertz CT molecular complexity index is 571. The molecule has 5 heteroatoms. The van der Waals surface area contributed by atoms with Gasteiger partial charge in [-0.25, -0.2) is 0 Å². The summed E-state index contributed by atoms with van der Waals surface area (Å²) < 4.78 is 0. The van der Waals surface area contributed by atoms with Crippen LogP contribution in [0.15, 0.2) is 35.3 Å². The van der Waals surface area contributed by atoms with Crippen LogP contribution in [0.1, 0.15) is 38.2 Å². The summed E-state index contributed by atoms with van der Waals surface area (Å²) in [6.07, 6.45) is 5.58. The van der Waals surface area contributed by atoms with Crippen LogP contribution in [0.2, 0.25) is 0 Å². The number of aliphatic imine (C=N–C) groups is 1. The molecule has 0 spiro atoms. The van der Waals surface area contributed by atoms with Gasteiger partial charge in [0.15, 0.2) is 5.96 Å². The van der Waals surface area contributed by atoms with E-state index in [0.29, 0.717) is 13.0 Å². The molecule has 0 aromatic heterocycles. The number of hydrogen-bond donors (Lipinski definition) is 2. The monoisotopic (exact) mass is 372 g/mol. The Balaban J connectivity index is 1.49. The highest BCUT2D eigenvalue weighted by Gasteiger charge is 2.27. The molecule has 2 unspecified atom stereocenters. The van der Waals surface area contributed by atoms with Crippen molar-refractivity contribution >= 4 is 5.96 Å². The SMILES string of the molecule is CCNC(=NCC(O)Cc1ccccc1)N1CCC(CN2CCCCC2)C1. The van der Waals surface area contributed by atoms with Gasteiger partial charge in [0.05, 0.1) is 12.6 Å². The number of nitrogens with one attached hydrogen (secondary N) is 1. The molecule has 27 heavy (non-hydrogen) atoms. The third kappa shape index (κ3) is 6.51. The van der Waals surface area contributed by atoms with E-state index >= 15 is 0 Å². The highest BCUT2D eigenvalue weighted by molar-refractivity contribution is 5.80. The summed E-state index contributed by atoms with van der Waals surface area (Å²) in [6.45, 7) is 9.35. The minimum atomic E-state index is -0.437. The quantitative estimate of drug-likeness (QED) is 0.570. The number of benzene rings is 1. The first kappa shape index (κ1) is 20.2. The molecule has 2 N–H and O–H groups in total. The Kier molecular flexibility index (Phi) is 7.96. The maximum absolute atomic E-state index is 10.4. The lowest BCUT2D eigenvalue weighted by molar-refractivity contribution is 0.183. The predicted molar refractivity (Wildman–Crippen MR) is 112 cm³/mol. The van der Waals surface area contributed by atoms with Crippen molar-refractivity contribution in [3.8, 4) is 0 Å². The van der Waals surface area contributed by atoms with Crippen LogP contribution in [0.4, 0.5) is 0 Å². The zero-order chi connectivity index (χ0) is 18.9. The summed E-state index contributed by atoms with van der Waals surface area (Å²) in [7, 11) is 0. The van der Waals surface area contributed by atoms with E-state index in [2.05, 4.69) is 34.2 Å². The minimum Gasteiger partial charge on any atom is -0.391 e. The van der Waals surface area contributed by atoms with Gasteiger partial charge in [-0.2, -0.15) is 0 Å². The number of piperidine rings is 1. The van der Waals surface area contributed by atoms with Gasteiger partial charge in [0.25, 0.3) is 0 Å². The summed E-state index contributed by atoms with van der Waals surface area (Å²) >= 11 is 0. The van der Waals surface area contributed by atoms with E-state index in [9.17, 15) is 5.11 Å². The first-order chi connectivity index (χ1) is 13.2. The van der Waals surface area contributed by atoms with E-state index < -0.39 is 6.10 Å². The topological polar surface area (TPSA) is 51.1 Å². The molecule has 0 saturated carbocycles. The minimum absolute atomic E-state index is 0.437. The van der Waals surface area contributed by atoms with Gasteiger partial charge < -0.3 is 20.2 Å². The molecular formula is C22H36N4O. The second-order valence-corrected chi connectivity index (χ2v) is 8.00. The van der Waals surface area contributed by atoms with Gasteiger partial charge in [0, 0.05) is 32.6 Å². The molecule has 0 radical (unpaired) electrons. The Labute approximate surface area is 164 Å². The zero-order valence-corrected chi connectivity index (χ0v) is 16.8. The van der Waals surface area contributed by atoms with E-state index in [1.165, 1.54) is 45.3 Å². The first-order valence-corrected chi connectivity index (χ1v) is 10.7. The first-order valence-electron chi connectivity index (χ1n) is 10.7. The molecule has 0 amide bonds. The van der Waals surface area contributed by atoms with Crippen molar-refractivity contribution in [3.05, 3.63) is 35.9 Å². The van der Waals surface area contributed by atoms with Gasteiger partial charge in [-0.1, -0.05) is 36.8 Å². The highest BCUT2D eigenvalue weighted by Crippen LogP contribution is 2.20. The van der Waals surface area contributed by atoms with Crippen molar-refractivity contribution in [2.24, 2.45) is 10.9 Å². The van der Waals surface area contributed by atoms with Crippen molar-refractivity contribution in [3.63, 3.8) is 0 Å². The lowest BCUT2D eigenvalue weighted by Crippen LogP contribution is -2.41. The molecule has 0 bridgehead atoms. The van der Waals surface area contributed by atoms with Crippen molar-refractivity contribution < 1.29 is 5.11 Å². The molecule has 150 valence electrons. The van der Waals surface area contributed by atoms with E-state index in [1.807, 2.05) is 18.2 Å². The number of nitrogens with zero attached hydrogens (tertiary/aromatic N) is 3. The Morgan fingerprint density at radius 1 is 1.19 bits per heavy atom. The Morgan fingerprint density at radius 3 is 2.70 bits per heavy atom. The van der Waals surface area contributed by atoms with Gasteiger partial charge in [-0.15, -0.1) is 0 Å². The van der Waals surface area contributed by atoms with Crippen LogP contribution in [0.5, 0.6) is 0 Å². The summed E-state index contributed by atoms with van der Waals surface area (Å²) in [5, 5.41) is 13.8. The lowest BCUT2D eigenvalue weighted by atomic mass is 10.1. The molecule has 2 saturated heterocycles. The second kappa shape index (κ2) is 10.7. The molecule has 2 atom stereocenters. The third-order valence-corrected chi connectivity index (χ3v) is 5.65. The zero-order valence-electron chi connectivity index (χ0n) is 16.8. The number of guanidine groups is 1. The van der Waals surface area contributed by atoms with Gasteiger partial charge in [0.1, 0.15) is 0 Å². The third-order valence-electron chi connectivity index (χ3n) is 5.65. The molecule has 5 nitrogen and oxygen atoms in total. The van der Waals surface area contributed by atoms with Gasteiger partial charge in [-0.3, -0.25) is 4.99 Å². The lowest BCUT2D eigenvalue weighted by Gasteiger charge is -2.29. The highest BCUT2D eigenvalue weighted by atomic mass is 16.3. The molecule has 0 aliphatic carbocycles. The van der Waals surface area contributed by atoms with Crippen LogP contribution in [-0.4, -0.2) is 72.8 Å². The molecular weight excluding hydrogens is 336 g/mol. The van der Waals surface area contributed by atoms with E-state index in [-0.39, 0.29) is 0 Å². The number of likely N-dealkylation sites (tertiary alicyclic amines) is 2. The van der Waals surface area contributed by atoms with E-state index in [1.54, 1.807) is 0 Å². The van der Waals surface area contributed by atoms with Gasteiger partial charge in [-0.05, 0) is 50.8 Å². The van der Waals surface area contributed by atoms with Crippen LogP contribution in [-0.2, 0) is 6.42 Å². The van der Waals surface area contributed by atoms with Crippen LogP contribution in [0.25, 0.3) is 0 Å². The molecule has 2 aliphatic heterocycles. The van der Waals surface area contributed by atoms with E-state index in [4.69, 9.17) is 4.99 Å². The van der Waals surface area contributed by atoms with Crippen molar-refractivity contribution in [2.45, 2.75) is 45.1 Å². The second-order valence-electron chi connectivity index (χ2n) is 8.00. The fourth-order valence-electron chi connectivity index (χ4n) is 4.25. The Morgan fingerprint density at radius 2 is 1.96 bits per heavy atom. The molecule has 1 aromatic carbocycles. The number of aliphatic hydroxyl groups excluding tert-OH is 1. The molecule has 2 aliphatic rings. The standard InChI is InChI=1S/C22H36N4O/c1-2-23-22(24-16-21(27)15-19-9-5-3-6-10-19)26-14-11-20(18-26)17-25-12-7-4-8-13-25/h3,5-6,9-10,20-21,27H,2,4,7-8,11-18H2,1H3,(H,23,24). The van der Waals surface area contributed by atoms with Crippen molar-refractivity contribution in [1.29, 1.82) is 0 Å². The number of aliphatic hydroxyl groups is 1. The van der Waals surface area contributed by atoms with Gasteiger partial charge in [0.2, 0.25) is 0 Å². The maximum Gasteiger partial charge on any atom is 0.194 e. The largest absolute Gasteiger partial charge is 0.391 e. The fourth-order valence-corrected chi connectivity index (χ4v) is 4.25. The molecule has 3 rings (SSSR count). The molecule has 2 fully saturated rings. The normalized spacial score (nSPS) is 22.8. The van der Waals surface area contributed by atoms with Crippen LogP contribution in [0, 0.1) is 5.92 Å². The van der Waals surface area contributed by atoms with Crippen LogP contribution < -0.4 is 5.32 Å². The number of hydrogen-bond acceptors (Lipinski definition) is 3. The molecule has 1 aromatic rings. The van der Waals surface area contributed by atoms with Crippen LogP contribution >= 0.6 is 0 Å². The summed E-state index contributed by atoms with van der Waals surface area (Å²) in [4.78, 5) is 9.77. The maximum atomic E-state index is 10.4. The van der Waals surface area contributed by atoms with Crippen molar-refractivity contribution in [2.75, 3.05) is 45.8 Å². The predicted octanol–water partition coefficient (Wildman–Crippen LogP) is 2.36. The summed E-state index contributed by atoms with van der Waals surface area (Å²) in [6, 6.07) is 10.2. The average Bonchev–Trinajstić information content (AvgIpc) is 3.15. The summed E-state index contributed by atoms with van der Waals surface area (Å²) in [5.41, 5.74) is 1.16. The number of rotatable bonds is 7. The fraction of sp³-hybridized carbons (Fsp3) is 0.682. The summed E-state index contributed by atoms with van der Waals surface area (Å²) in [5.74, 6) is 1.70. The Hall–Kier alpha value is -1.59. The average molecular weight is 373 g/mol. The molecule has 2 heterocycles. The van der Waals surface area contributed by atoms with Gasteiger partial charge >= 0.3 is 0 Å². The van der Waals surface area contributed by atoms with Crippen molar-refractivity contribution in [1.82, 2.24) is 15.1 Å². The van der Waals surface area contributed by atoms with Crippen LogP contribution in [0.3, 0.4) is 0 Å².